The fourth-order valence-corrected chi connectivity index (χ4v) is 2.84. The molecule has 0 aromatic heterocycles. The quantitative estimate of drug-likeness (QED) is 0.546. The summed E-state index contributed by atoms with van der Waals surface area (Å²) in [5.41, 5.74) is -4.10. The molecule has 0 heterocycles. The third kappa shape index (κ3) is 2.66. The van der Waals surface area contributed by atoms with Gasteiger partial charge in [0.1, 0.15) is 5.75 Å². The fraction of sp³-hybridized carbons (Fsp3) is 0.529. The van der Waals surface area contributed by atoms with Crippen LogP contribution in [0.3, 0.4) is 0 Å². The van der Waals surface area contributed by atoms with E-state index in [1.54, 1.807) is 0 Å². The highest BCUT2D eigenvalue weighted by Gasteiger charge is 2.85. The van der Waals surface area contributed by atoms with Gasteiger partial charge >= 0.3 is 23.7 Å². The lowest BCUT2D eigenvalue weighted by molar-refractivity contribution is -0.352. The van der Waals surface area contributed by atoms with Gasteiger partial charge in [-0.2, -0.15) is 35.1 Å². The highest BCUT2D eigenvalue weighted by Crippen LogP contribution is 2.64. The maximum atomic E-state index is 14.4. The van der Waals surface area contributed by atoms with E-state index >= 15 is 0 Å². The number of alkyl halides is 8. The Morgan fingerprint density at radius 3 is 1.77 bits per heavy atom. The number of rotatable bonds is 5. The Bertz CT molecular complexity index is 691. The monoisotopic (exact) mass is 388 g/mol. The molecular formula is C17H16F8O. The standard InChI is InChI=1S/C17H16F8O/c1-3-4-5-12-13(10-6-8-11(26-2)9-7-10)15(20,21)17(24,25)16(22,23)14(12,18)19/h6-9H,3-5H2,1-2H3. The van der Waals surface area contributed by atoms with Gasteiger partial charge in [-0.15, -0.1) is 0 Å². The Morgan fingerprint density at radius 2 is 1.31 bits per heavy atom. The molecule has 0 N–H and O–H groups in total. The minimum Gasteiger partial charge on any atom is -0.497 e. The smallest absolute Gasteiger partial charge is 0.382 e. The van der Waals surface area contributed by atoms with Crippen LogP contribution in [0.25, 0.3) is 5.57 Å². The van der Waals surface area contributed by atoms with Gasteiger partial charge in [0.15, 0.2) is 0 Å². The predicted octanol–water partition coefficient (Wildman–Crippen LogP) is 6.19. The normalized spacial score (nSPS) is 23.0. The molecule has 0 bridgehead atoms. The van der Waals surface area contributed by atoms with Gasteiger partial charge in [-0.25, -0.2) is 0 Å². The van der Waals surface area contributed by atoms with Crippen LogP contribution in [0, 0.1) is 0 Å². The van der Waals surface area contributed by atoms with E-state index in [0.717, 1.165) is 24.3 Å². The van der Waals surface area contributed by atoms with Crippen LogP contribution in [-0.2, 0) is 0 Å². The van der Waals surface area contributed by atoms with Gasteiger partial charge in [0, 0.05) is 11.1 Å². The molecule has 0 unspecified atom stereocenters. The first-order valence-corrected chi connectivity index (χ1v) is 7.76. The molecule has 1 aromatic rings. The highest BCUT2D eigenvalue weighted by atomic mass is 19.4. The second-order valence-electron chi connectivity index (χ2n) is 5.98. The van der Waals surface area contributed by atoms with E-state index in [9.17, 15) is 35.1 Å². The molecule has 0 saturated heterocycles. The van der Waals surface area contributed by atoms with Crippen molar-refractivity contribution in [3.8, 4) is 5.75 Å². The summed E-state index contributed by atoms with van der Waals surface area (Å²) < 4.78 is 117. The lowest BCUT2D eigenvalue weighted by Crippen LogP contribution is -2.66. The van der Waals surface area contributed by atoms with Crippen molar-refractivity contribution in [3.63, 3.8) is 0 Å². The minimum absolute atomic E-state index is 0.137. The van der Waals surface area contributed by atoms with E-state index in [4.69, 9.17) is 4.74 Å². The summed E-state index contributed by atoms with van der Waals surface area (Å²) in [5.74, 6) is -23.2. The van der Waals surface area contributed by atoms with Crippen molar-refractivity contribution in [2.24, 2.45) is 0 Å². The number of methoxy groups -OCH3 is 1. The summed E-state index contributed by atoms with van der Waals surface area (Å²) in [4.78, 5) is 0. The molecule has 1 aromatic carbocycles. The first-order chi connectivity index (χ1) is 11.9. The van der Waals surface area contributed by atoms with Crippen molar-refractivity contribution in [2.45, 2.75) is 49.9 Å². The Labute approximate surface area is 144 Å². The van der Waals surface area contributed by atoms with Gasteiger partial charge in [0.2, 0.25) is 0 Å². The van der Waals surface area contributed by atoms with E-state index in [-0.39, 0.29) is 18.6 Å². The highest BCUT2D eigenvalue weighted by molar-refractivity contribution is 5.78. The largest absolute Gasteiger partial charge is 0.497 e. The molecule has 1 aliphatic carbocycles. The first-order valence-electron chi connectivity index (χ1n) is 7.76. The van der Waals surface area contributed by atoms with Crippen molar-refractivity contribution >= 4 is 5.57 Å². The average molecular weight is 388 g/mol. The van der Waals surface area contributed by atoms with E-state index in [1.807, 2.05) is 0 Å². The van der Waals surface area contributed by atoms with Crippen LogP contribution in [-0.4, -0.2) is 30.8 Å². The number of hydrogen-bond acceptors (Lipinski definition) is 1. The van der Waals surface area contributed by atoms with Gasteiger partial charge < -0.3 is 4.74 Å². The second kappa shape index (κ2) is 6.42. The molecule has 0 fully saturated rings. The van der Waals surface area contributed by atoms with E-state index < -0.39 is 46.8 Å². The lowest BCUT2D eigenvalue weighted by Gasteiger charge is -2.44. The summed E-state index contributed by atoms with van der Waals surface area (Å²) in [5, 5.41) is 0. The molecule has 0 saturated carbocycles. The zero-order valence-electron chi connectivity index (χ0n) is 13.9. The van der Waals surface area contributed by atoms with Crippen molar-refractivity contribution in [3.05, 3.63) is 35.4 Å². The van der Waals surface area contributed by atoms with Crippen molar-refractivity contribution < 1.29 is 39.9 Å². The van der Waals surface area contributed by atoms with Crippen molar-refractivity contribution in [1.82, 2.24) is 0 Å². The Kier molecular flexibility index (Phi) is 5.07. The zero-order chi connectivity index (χ0) is 20.0. The van der Waals surface area contributed by atoms with Gasteiger partial charge in [-0.1, -0.05) is 25.5 Å². The Balaban J connectivity index is 2.82. The van der Waals surface area contributed by atoms with Crippen LogP contribution in [0.15, 0.2) is 29.8 Å². The fourth-order valence-electron chi connectivity index (χ4n) is 2.84. The number of halogens is 8. The van der Waals surface area contributed by atoms with Crippen molar-refractivity contribution in [2.75, 3.05) is 7.11 Å². The second-order valence-corrected chi connectivity index (χ2v) is 5.98. The van der Waals surface area contributed by atoms with Crippen LogP contribution in [0.1, 0.15) is 31.7 Å². The summed E-state index contributed by atoms with van der Waals surface area (Å²) in [7, 11) is 1.25. The molecule has 146 valence electrons. The molecular weight excluding hydrogens is 372 g/mol. The Hall–Kier alpha value is -1.80. The molecule has 1 aliphatic rings. The maximum Gasteiger partial charge on any atom is 0.382 e. The summed E-state index contributed by atoms with van der Waals surface area (Å²) in [6.45, 7) is 1.53. The number of unbranched alkanes of at least 4 members (excludes halogenated alkanes) is 1. The van der Waals surface area contributed by atoms with Gasteiger partial charge in [0.25, 0.3) is 0 Å². The third-order valence-electron chi connectivity index (χ3n) is 4.34. The van der Waals surface area contributed by atoms with Crippen molar-refractivity contribution in [1.29, 1.82) is 0 Å². The summed E-state index contributed by atoms with van der Waals surface area (Å²) in [6.07, 6.45) is -0.766. The van der Waals surface area contributed by atoms with Crippen LogP contribution in [0.2, 0.25) is 0 Å². The summed E-state index contributed by atoms with van der Waals surface area (Å²) >= 11 is 0. The molecule has 0 spiro atoms. The molecule has 26 heavy (non-hydrogen) atoms. The average Bonchev–Trinajstić information content (AvgIpc) is 2.57. The lowest BCUT2D eigenvalue weighted by atomic mass is 9.75. The number of hydrogen-bond donors (Lipinski definition) is 0. The van der Waals surface area contributed by atoms with Gasteiger partial charge in [-0.05, 0) is 30.5 Å². The summed E-state index contributed by atoms with van der Waals surface area (Å²) in [6, 6.07) is 3.92. The maximum absolute atomic E-state index is 14.4. The molecule has 0 amide bonds. The molecule has 9 heteroatoms. The SMILES string of the molecule is CCCCC1=C(c2ccc(OC)cc2)C(F)(F)C(F)(F)C(F)(F)C1(F)F. The predicted molar refractivity (Wildman–Crippen MR) is 79.2 cm³/mol. The molecule has 0 atom stereocenters. The molecule has 2 rings (SSSR count). The van der Waals surface area contributed by atoms with E-state index in [0.29, 0.717) is 0 Å². The Morgan fingerprint density at radius 1 is 0.808 bits per heavy atom. The first kappa shape index (κ1) is 20.5. The van der Waals surface area contributed by atoms with Gasteiger partial charge in [0.05, 0.1) is 7.11 Å². The number of ether oxygens (including phenoxy) is 1. The molecule has 0 radical (unpaired) electrons. The molecule has 0 aliphatic heterocycles. The number of benzene rings is 1. The van der Waals surface area contributed by atoms with E-state index in [1.165, 1.54) is 14.0 Å². The van der Waals surface area contributed by atoms with Crippen LogP contribution in [0.5, 0.6) is 5.75 Å². The van der Waals surface area contributed by atoms with Crippen LogP contribution < -0.4 is 4.74 Å². The zero-order valence-corrected chi connectivity index (χ0v) is 13.9. The van der Waals surface area contributed by atoms with E-state index in [2.05, 4.69) is 0 Å². The minimum atomic E-state index is -6.26. The number of allylic oxidation sites excluding steroid dienone is 2. The van der Waals surface area contributed by atoms with Crippen LogP contribution >= 0.6 is 0 Å². The topological polar surface area (TPSA) is 9.23 Å². The van der Waals surface area contributed by atoms with Crippen LogP contribution in [0.4, 0.5) is 35.1 Å². The molecule has 1 nitrogen and oxygen atoms in total. The third-order valence-corrected chi connectivity index (χ3v) is 4.34. The van der Waals surface area contributed by atoms with Gasteiger partial charge in [-0.3, -0.25) is 0 Å².